The predicted molar refractivity (Wildman–Crippen MR) is 64.8 cm³/mol. The van der Waals surface area contributed by atoms with Gasteiger partial charge in [-0.25, -0.2) is 0 Å². The maximum absolute atomic E-state index is 6.06. The van der Waals surface area contributed by atoms with E-state index < -0.39 is 0 Å². The number of benzene rings is 1. The summed E-state index contributed by atoms with van der Waals surface area (Å²) >= 11 is 0. The molecule has 1 aromatic rings. The molecule has 0 fully saturated rings. The smallest absolute Gasteiger partial charge is 0.0297 e. The molecule has 0 aliphatic carbocycles. The van der Waals surface area contributed by atoms with Crippen LogP contribution in [0.2, 0.25) is 0 Å². The fourth-order valence-corrected chi connectivity index (χ4v) is 1.54. The first-order chi connectivity index (χ1) is 6.09. The topological polar surface area (TPSA) is 26.0 Å². The summed E-state index contributed by atoms with van der Waals surface area (Å²) in [6.45, 7) is 6.51. The molecule has 0 amide bonds. The first-order valence-corrected chi connectivity index (χ1v) is 4.91. The second-order valence-corrected chi connectivity index (χ2v) is 4.15. The zero-order valence-corrected chi connectivity index (χ0v) is 9.97. The largest absolute Gasteiger partial charge is 0.324 e. The van der Waals surface area contributed by atoms with Crippen molar-refractivity contribution in [1.82, 2.24) is 0 Å². The van der Waals surface area contributed by atoms with Crippen LogP contribution in [0, 0.1) is 12.8 Å². The van der Waals surface area contributed by atoms with Gasteiger partial charge >= 0.3 is 0 Å². The lowest BCUT2D eigenvalue weighted by atomic mass is 9.97. The van der Waals surface area contributed by atoms with Crippen molar-refractivity contribution in [3.8, 4) is 0 Å². The molecule has 1 unspecified atom stereocenters. The summed E-state index contributed by atoms with van der Waals surface area (Å²) in [7, 11) is 0. The minimum Gasteiger partial charge on any atom is -0.324 e. The fourth-order valence-electron chi connectivity index (χ4n) is 1.54. The summed E-state index contributed by atoms with van der Waals surface area (Å²) < 4.78 is 0. The highest BCUT2D eigenvalue weighted by Gasteiger charge is 2.07. The van der Waals surface area contributed by atoms with Gasteiger partial charge in [0.2, 0.25) is 0 Å². The monoisotopic (exact) mass is 213 g/mol. The second-order valence-electron chi connectivity index (χ2n) is 4.15. The van der Waals surface area contributed by atoms with Gasteiger partial charge in [0.15, 0.2) is 0 Å². The van der Waals surface area contributed by atoms with Gasteiger partial charge in [0, 0.05) is 6.04 Å². The average Bonchev–Trinajstić information content (AvgIpc) is 2.03. The molecule has 14 heavy (non-hydrogen) atoms. The number of hydrogen-bond acceptors (Lipinski definition) is 1. The molecule has 1 atom stereocenters. The van der Waals surface area contributed by atoms with Gasteiger partial charge in [-0.3, -0.25) is 0 Å². The van der Waals surface area contributed by atoms with E-state index in [2.05, 4.69) is 45.0 Å². The molecule has 0 aliphatic heterocycles. The second kappa shape index (κ2) is 6.05. The molecule has 2 N–H and O–H groups in total. The number of nitrogens with two attached hydrogens (primary N) is 1. The van der Waals surface area contributed by atoms with Crippen molar-refractivity contribution in [1.29, 1.82) is 0 Å². The van der Waals surface area contributed by atoms with Gasteiger partial charge in [-0.2, -0.15) is 0 Å². The lowest BCUT2D eigenvalue weighted by Crippen LogP contribution is -2.12. The molecule has 2 heteroatoms. The molecule has 0 saturated heterocycles. The van der Waals surface area contributed by atoms with E-state index in [1.165, 1.54) is 11.1 Å². The van der Waals surface area contributed by atoms with Crippen molar-refractivity contribution in [3.05, 3.63) is 35.4 Å². The number of halogens is 1. The van der Waals surface area contributed by atoms with Crippen LogP contribution in [0.4, 0.5) is 0 Å². The lowest BCUT2D eigenvalue weighted by molar-refractivity contribution is 0.510. The summed E-state index contributed by atoms with van der Waals surface area (Å²) in [4.78, 5) is 0. The van der Waals surface area contributed by atoms with E-state index in [-0.39, 0.29) is 18.4 Å². The van der Waals surface area contributed by atoms with E-state index in [0.717, 1.165) is 6.42 Å². The van der Waals surface area contributed by atoms with E-state index in [4.69, 9.17) is 5.73 Å². The lowest BCUT2D eigenvalue weighted by Gasteiger charge is -2.14. The standard InChI is InChI=1S/C12H19N.ClH/c1-9(2)7-12(13)11-6-4-5-10(3)8-11;/h4-6,8-9,12H,7,13H2,1-3H3;1H. The molecule has 1 rings (SSSR count). The van der Waals surface area contributed by atoms with Gasteiger partial charge < -0.3 is 5.73 Å². The zero-order chi connectivity index (χ0) is 9.84. The van der Waals surface area contributed by atoms with Crippen LogP contribution in [0.3, 0.4) is 0 Å². The van der Waals surface area contributed by atoms with Crippen LogP contribution in [-0.4, -0.2) is 0 Å². The Morgan fingerprint density at radius 3 is 2.43 bits per heavy atom. The van der Waals surface area contributed by atoms with Crippen molar-refractivity contribution >= 4 is 12.4 Å². The zero-order valence-electron chi connectivity index (χ0n) is 9.16. The quantitative estimate of drug-likeness (QED) is 0.818. The van der Waals surface area contributed by atoms with Crippen LogP contribution in [-0.2, 0) is 0 Å². The Bertz CT molecular complexity index is 271. The van der Waals surface area contributed by atoms with Crippen LogP contribution in [0.1, 0.15) is 37.4 Å². The van der Waals surface area contributed by atoms with Gasteiger partial charge in [-0.15, -0.1) is 12.4 Å². The summed E-state index contributed by atoms with van der Waals surface area (Å²) in [6.07, 6.45) is 1.06. The van der Waals surface area contributed by atoms with Crippen molar-refractivity contribution < 1.29 is 0 Å². The van der Waals surface area contributed by atoms with Crippen molar-refractivity contribution in [2.75, 3.05) is 0 Å². The third kappa shape index (κ3) is 4.12. The van der Waals surface area contributed by atoms with Crippen molar-refractivity contribution in [2.45, 2.75) is 33.2 Å². The average molecular weight is 214 g/mol. The van der Waals surface area contributed by atoms with E-state index in [1.54, 1.807) is 0 Å². The van der Waals surface area contributed by atoms with Gasteiger partial charge in [-0.05, 0) is 24.8 Å². The highest BCUT2D eigenvalue weighted by atomic mass is 35.5. The normalized spacial score (nSPS) is 12.4. The van der Waals surface area contributed by atoms with Crippen molar-refractivity contribution in [3.63, 3.8) is 0 Å². The minimum absolute atomic E-state index is 0. The fraction of sp³-hybridized carbons (Fsp3) is 0.500. The molecule has 0 spiro atoms. The SMILES string of the molecule is Cc1cccc(C(N)CC(C)C)c1.Cl. The van der Waals surface area contributed by atoms with Crippen LogP contribution >= 0.6 is 12.4 Å². The van der Waals surface area contributed by atoms with Gasteiger partial charge in [0.25, 0.3) is 0 Å². The Balaban J connectivity index is 0.00000169. The maximum Gasteiger partial charge on any atom is 0.0297 e. The highest BCUT2D eigenvalue weighted by Crippen LogP contribution is 2.19. The van der Waals surface area contributed by atoms with Crippen LogP contribution in [0.25, 0.3) is 0 Å². The molecule has 0 radical (unpaired) electrons. The molecule has 0 saturated carbocycles. The number of hydrogen-bond donors (Lipinski definition) is 1. The third-order valence-electron chi connectivity index (χ3n) is 2.20. The molecule has 0 aromatic heterocycles. The van der Waals surface area contributed by atoms with E-state index in [1.807, 2.05) is 0 Å². The summed E-state index contributed by atoms with van der Waals surface area (Å²) in [5.41, 5.74) is 8.61. The van der Waals surface area contributed by atoms with Crippen LogP contribution < -0.4 is 5.73 Å². The molecular formula is C12H20ClN. The first kappa shape index (κ1) is 13.5. The molecule has 1 nitrogen and oxygen atoms in total. The minimum atomic E-state index is 0. The van der Waals surface area contributed by atoms with Gasteiger partial charge in [0.05, 0.1) is 0 Å². The maximum atomic E-state index is 6.06. The van der Waals surface area contributed by atoms with E-state index in [0.29, 0.717) is 5.92 Å². The summed E-state index contributed by atoms with van der Waals surface area (Å²) in [6, 6.07) is 8.66. The molecule has 0 heterocycles. The Hall–Kier alpha value is -0.530. The molecular weight excluding hydrogens is 194 g/mol. The number of rotatable bonds is 3. The Morgan fingerprint density at radius 1 is 1.29 bits per heavy atom. The molecule has 80 valence electrons. The molecule has 1 aromatic carbocycles. The number of aryl methyl sites for hydroxylation is 1. The van der Waals surface area contributed by atoms with Gasteiger partial charge in [0.1, 0.15) is 0 Å². The van der Waals surface area contributed by atoms with Crippen LogP contribution in [0.5, 0.6) is 0 Å². The Kier molecular flexibility index (Phi) is 5.82. The van der Waals surface area contributed by atoms with E-state index in [9.17, 15) is 0 Å². The first-order valence-electron chi connectivity index (χ1n) is 4.91. The summed E-state index contributed by atoms with van der Waals surface area (Å²) in [5.74, 6) is 0.663. The molecule has 0 aliphatic rings. The molecule has 0 bridgehead atoms. The predicted octanol–water partition coefficient (Wildman–Crippen LogP) is 3.46. The van der Waals surface area contributed by atoms with Crippen LogP contribution in [0.15, 0.2) is 24.3 Å². The van der Waals surface area contributed by atoms with E-state index >= 15 is 0 Å². The Labute approximate surface area is 93.1 Å². The highest BCUT2D eigenvalue weighted by molar-refractivity contribution is 5.85. The van der Waals surface area contributed by atoms with Crippen molar-refractivity contribution in [2.24, 2.45) is 11.7 Å². The van der Waals surface area contributed by atoms with Gasteiger partial charge in [-0.1, -0.05) is 43.7 Å². The third-order valence-corrected chi connectivity index (χ3v) is 2.20. The summed E-state index contributed by atoms with van der Waals surface area (Å²) in [5, 5.41) is 0. The Morgan fingerprint density at radius 2 is 1.93 bits per heavy atom.